The number of aromatic nitrogens is 2. The molecule has 2 aliphatic heterocycles. The van der Waals surface area contributed by atoms with Crippen LogP contribution in [0.25, 0.3) is 22.3 Å². The van der Waals surface area contributed by atoms with Crippen LogP contribution >= 0.6 is 0 Å². The van der Waals surface area contributed by atoms with Gasteiger partial charge in [-0.1, -0.05) is 13.8 Å². The van der Waals surface area contributed by atoms with Crippen molar-refractivity contribution < 1.29 is 32.9 Å². The van der Waals surface area contributed by atoms with Crippen molar-refractivity contribution in [2.45, 2.75) is 59.7 Å². The van der Waals surface area contributed by atoms with Crippen LogP contribution in [0.5, 0.6) is 0 Å². The number of hydrogen-bond donors (Lipinski definition) is 2. The zero-order chi connectivity index (χ0) is 28.6. The van der Waals surface area contributed by atoms with Crippen LogP contribution < -0.4 is 5.56 Å². The minimum absolute atomic E-state index is 0.00898. The van der Waals surface area contributed by atoms with Crippen LogP contribution in [0, 0.1) is 25.6 Å². The molecular weight excluding hydrogens is 515 g/mol. The molecule has 11 heteroatoms. The Kier molecular flexibility index (Phi) is 8.04. The van der Waals surface area contributed by atoms with E-state index >= 15 is 0 Å². The number of pyridine rings is 2. The van der Waals surface area contributed by atoms with Crippen molar-refractivity contribution >= 4 is 17.1 Å². The molecule has 0 amide bonds. The molecule has 2 aliphatic rings. The number of rotatable bonds is 5. The molecule has 0 radical (unpaired) electrons. The van der Waals surface area contributed by atoms with E-state index in [4.69, 9.17) is 5.11 Å². The minimum atomic E-state index is -2.96. The van der Waals surface area contributed by atoms with Crippen molar-refractivity contribution in [2.75, 3.05) is 19.7 Å². The summed E-state index contributed by atoms with van der Waals surface area (Å²) in [6.07, 6.45) is -1.88. The number of ether oxygens (including phenoxy) is 1. The summed E-state index contributed by atoms with van der Waals surface area (Å²) in [6, 6.07) is 4.74. The standard InChI is InChI=1S/C26H26F3N3O5.C2H6/c1-13-6-22-23-18(10-32(22)24(34)19(13)12-37-25(35)36)17(16-5-14(2)20(27)7-21(16)30-23)9-31-4-3-26(28,29)15(8-31)11-33;1-2/h5-7,15,33H,3-4,8-12H2,1-2H3,(H,35,36);1-2H3. The van der Waals surface area contributed by atoms with Gasteiger partial charge in [0.15, 0.2) is 0 Å². The third-order valence-corrected chi connectivity index (χ3v) is 7.45. The molecule has 0 aliphatic carbocycles. The molecule has 1 unspecified atom stereocenters. The van der Waals surface area contributed by atoms with Crippen LogP contribution in [0.2, 0.25) is 0 Å². The number of piperidine rings is 1. The van der Waals surface area contributed by atoms with E-state index in [1.165, 1.54) is 10.6 Å². The molecular formula is C28H32F3N3O5. The van der Waals surface area contributed by atoms with E-state index in [2.05, 4.69) is 9.72 Å². The molecule has 2 aromatic heterocycles. The number of aliphatic hydroxyl groups is 1. The average molecular weight is 548 g/mol. The number of halogens is 3. The molecule has 1 fully saturated rings. The molecule has 1 atom stereocenters. The summed E-state index contributed by atoms with van der Waals surface area (Å²) in [6.45, 7) is 6.79. The van der Waals surface area contributed by atoms with Gasteiger partial charge in [-0.2, -0.15) is 0 Å². The molecule has 0 saturated carbocycles. The molecule has 210 valence electrons. The third-order valence-electron chi connectivity index (χ3n) is 7.45. The second kappa shape index (κ2) is 11.0. The molecule has 3 aromatic rings. The predicted molar refractivity (Wildman–Crippen MR) is 140 cm³/mol. The molecule has 5 rings (SSSR count). The summed E-state index contributed by atoms with van der Waals surface area (Å²) in [5.41, 5.74) is 3.61. The van der Waals surface area contributed by atoms with Gasteiger partial charge in [-0.05, 0) is 42.7 Å². The van der Waals surface area contributed by atoms with Gasteiger partial charge in [0.05, 0.1) is 41.5 Å². The number of aliphatic hydroxyl groups excluding tert-OH is 1. The van der Waals surface area contributed by atoms with Crippen LogP contribution in [0.4, 0.5) is 18.0 Å². The number of hydrogen-bond acceptors (Lipinski definition) is 6. The Hall–Kier alpha value is -3.44. The van der Waals surface area contributed by atoms with Crippen molar-refractivity contribution in [3.8, 4) is 11.4 Å². The fourth-order valence-electron chi connectivity index (χ4n) is 5.30. The van der Waals surface area contributed by atoms with E-state index in [0.717, 1.165) is 11.1 Å². The van der Waals surface area contributed by atoms with Crippen molar-refractivity contribution in [3.05, 3.63) is 62.2 Å². The Bertz CT molecular complexity index is 1490. The first-order valence-corrected chi connectivity index (χ1v) is 12.9. The van der Waals surface area contributed by atoms with Gasteiger partial charge in [0.25, 0.3) is 11.5 Å². The maximum atomic E-state index is 14.5. The second-order valence-electron chi connectivity index (χ2n) is 9.80. The van der Waals surface area contributed by atoms with Gasteiger partial charge in [0.2, 0.25) is 0 Å². The van der Waals surface area contributed by atoms with Crippen molar-refractivity contribution in [1.82, 2.24) is 14.5 Å². The quantitative estimate of drug-likeness (QED) is 0.344. The highest BCUT2D eigenvalue weighted by Crippen LogP contribution is 2.39. The molecule has 2 N–H and O–H groups in total. The van der Waals surface area contributed by atoms with E-state index in [1.807, 2.05) is 18.7 Å². The van der Waals surface area contributed by atoms with Gasteiger partial charge in [-0.25, -0.2) is 22.9 Å². The molecule has 1 aromatic carbocycles. The molecule has 0 bridgehead atoms. The molecule has 0 spiro atoms. The fourth-order valence-corrected chi connectivity index (χ4v) is 5.30. The van der Waals surface area contributed by atoms with Crippen LogP contribution in [0.15, 0.2) is 23.0 Å². The lowest BCUT2D eigenvalue weighted by Crippen LogP contribution is -2.48. The highest BCUT2D eigenvalue weighted by molar-refractivity contribution is 5.88. The van der Waals surface area contributed by atoms with Gasteiger partial charge in [0, 0.05) is 43.1 Å². The van der Waals surface area contributed by atoms with Gasteiger partial charge >= 0.3 is 6.16 Å². The number of carbonyl (C=O) groups is 1. The van der Waals surface area contributed by atoms with Gasteiger partial charge in [-0.15, -0.1) is 0 Å². The first-order chi connectivity index (χ1) is 18.5. The van der Waals surface area contributed by atoms with Crippen molar-refractivity contribution in [3.63, 3.8) is 0 Å². The smallest absolute Gasteiger partial charge is 0.450 e. The third kappa shape index (κ3) is 5.25. The van der Waals surface area contributed by atoms with Gasteiger partial charge in [0.1, 0.15) is 12.4 Å². The first kappa shape index (κ1) is 28.6. The van der Waals surface area contributed by atoms with E-state index in [0.29, 0.717) is 33.4 Å². The Labute approximate surface area is 223 Å². The SMILES string of the molecule is CC.Cc1cc2c(CN3CCC(F)(F)C(CO)C3)c3c(nc2cc1F)-c1cc(C)c(COC(=O)O)c(=O)n1C3. The highest BCUT2D eigenvalue weighted by Gasteiger charge is 2.43. The summed E-state index contributed by atoms with van der Waals surface area (Å²) >= 11 is 0. The molecule has 8 nitrogen and oxygen atoms in total. The lowest BCUT2D eigenvalue weighted by molar-refractivity contribution is -0.121. The van der Waals surface area contributed by atoms with Crippen LogP contribution in [-0.2, 0) is 24.4 Å². The average Bonchev–Trinajstić information content (AvgIpc) is 3.25. The number of carboxylic acid groups (broad SMARTS) is 1. The number of aryl methyl sites for hydroxylation is 2. The monoisotopic (exact) mass is 547 g/mol. The summed E-state index contributed by atoms with van der Waals surface area (Å²) < 4.78 is 49.1. The summed E-state index contributed by atoms with van der Waals surface area (Å²) in [4.78, 5) is 30.7. The lowest BCUT2D eigenvalue weighted by Gasteiger charge is -2.38. The Morgan fingerprint density at radius 1 is 1.18 bits per heavy atom. The van der Waals surface area contributed by atoms with Crippen LogP contribution in [0.3, 0.4) is 0 Å². The van der Waals surface area contributed by atoms with Gasteiger partial charge < -0.3 is 19.5 Å². The van der Waals surface area contributed by atoms with E-state index in [9.17, 15) is 27.9 Å². The largest absolute Gasteiger partial charge is 0.506 e. The number of alkyl halides is 2. The lowest BCUT2D eigenvalue weighted by atomic mass is 9.92. The Morgan fingerprint density at radius 3 is 2.56 bits per heavy atom. The zero-order valence-corrected chi connectivity index (χ0v) is 22.4. The number of likely N-dealkylation sites (tertiary alicyclic amines) is 1. The maximum absolute atomic E-state index is 14.5. The summed E-state index contributed by atoms with van der Waals surface area (Å²) in [5, 5.41) is 19.1. The summed E-state index contributed by atoms with van der Waals surface area (Å²) in [7, 11) is 0. The van der Waals surface area contributed by atoms with E-state index in [1.54, 1.807) is 26.0 Å². The molecule has 1 saturated heterocycles. The summed E-state index contributed by atoms with van der Waals surface area (Å²) in [5.74, 6) is -4.58. The Morgan fingerprint density at radius 2 is 1.90 bits per heavy atom. The van der Waals surface area contributed by atoms with Crippen LogP contribution in [-0.4, -0.2) is 56.4 Å². The van der Waals surface area contributed by atoms with Gasteiger partial charge in [-0.3, -0.25) is 9.69 Å². The van der Waals surface area contributed by atoms with Crippen molar-refractivity contribution in [1.29, 1.82) is 0 Å². The number of nitrogens with zero attached hydrogens (tertiary/aromatic N) is 3. The molecule has 39 heavy (non-hydrogen) atoms. The molecule has 4 heterocycles. The zero-order valence-electron chi connectivity index (χ0n) is 22.4. The second-order valence-corrected chi connectivity index (χ2v) is 9.80. The highest BCUT2D eigenvalue weighted by atomic mass is 19.3. The first-order valence-electron chi connectivity index (χ1n) is 12.9. The van der Waals surface area contributed by atoms with Crippen LogP contribution in [0.1, 0.15) is 48.1 Å². The van der Waals surface area contributed by atoms with Crippen molar-refractivity contribution in [2.24, 2.45) is 5.92 Å². The minimum Gasteiger partial charge on any atom is -0.450 e. The maximum Gasteiger partial charge on any atom is 0.506 e. The van der Waals surface area contributed by atoms with E-state index in [-0.39, 0.29) is 38.2 Å². The Balaban J connectivity index is 0.00000172. The number of fused-ring (bicyclic) bond motifs is 4. The fraction of sp³-hybridized carbons (Fsp3) is 0.464. The number of benzene rings is 1. The normalized spacial score (nSPS) is 17.8. The topological polar surface area (TPSA) is 105 Å². The van der Waals surface area contributed by atoms with E-state index < -0.39 is 42.6 Å². The predicted octanol–water partition coefficient (Wildman–Crippen LogP) is 4.85.